The molecule has 0 radical (unpaired) electrons. The number of nitrogens with one attached hydrogen (secondary N) is 1. The molecule has 72 valence electrons. The zero-order valence-corrected chi connectivity index (χ0v) is 8.24. The Balaban J connectivity index is 2.25. The molecular formula is C11H9ClFN. The van der Waals surface area contributed by atoms with Crippen molar-refractivity contribution >= 4 is 11.6 Å². The maximum absolute atomic E-state index is 13.2. The highest BCUT2D eigenvalue weighted by molar-refractivity contribution is 6.31. The molecule has 1 aliphatic rings. The van der Waals surface area contributed by atoms with Gasteiger partial charge in [-0.3, -0.25) is 0 Å². The summed E-state index contributed by atoms with van der Waals surface area (Å²) >= 11 is 5.82. The van der Waals surface area contributed by atoms with Gasteiger partial charge in [0.1, 0.15) is 5.82 Å². The third-order valence-electron chi connectivity index (χ3n) is 2.15. The van der Waals surface area contributed by atoms with Crippen LogP contribution in [-0.4, -0.2) is 13.1 Å². The van der Waals surface area contributed by atoms with E-state index in [4.69, 9.17) is 11.6 Å². The Kier molecular flexibility index (Phi) is 2.72. The lowest BCUT2D eigenvalue weighted by molar-refractivity contribution is 0.432. The lowest BCUT2D eigenvalue weighted by Gasteiger charge is -2.21. The molecule has 0 aromatic heterocycles. The van der Waals surface area contributed by atoms with Gasteiger partial charge in [-0.25, -0.2) is 4.39 Å². The van der Waals surface area contributed by atoms with Crippen LogP contribution in [0.25, 0.3) is 0 Å². The number of hydrogen-bond donors (Lipinski definition) is 1. The first-order valence-corrected chi connectivity index (χ1v) is 4.81. The van der Waals surface area contributed by atoms with Crippen LogP contribution in [0.2, 0.25) is 5.02 Å². The summed E-state index contributed by atoms with van der Waals surface area (Å²) in [5.74, 6) is 5.76. The molecule has 1 aromatic rings. The van der Waals surface area contributed by atoms with E-state index >= 15 is 0 Å². The molecule has 1 saturated heterocycles. The van der Waals surface area contributed by atoms with Crippen LogP contribution in [0, 0.1) is 23.6 Å². The highest BCUT2D eigenvalue weighted by Crippen LogP contribution is 2.17. The highest BCUT2D eigenvalue weighted by atomic mass is 35.5. The van der Waals surface area contributed by atoms with E-state index < -0.39 is 0 Å². The van der Waals surface area contributed by atoms with Gasteiger partial charge in [0, 0.05) is 19.0 Å². The second kappa shape index (κ2) is 4.00. The number of rotatable bonds is 0. The molecule has 1 heterocycles. The summed E-state index contributed by atoms with van der Waals surface area (Å²) in [6.45, 7) is 1.78. The van der Waals surface area contributed by atoms with Crippen molar-refractivity contribution in [3.63, 3.8) is 0 Å². The van der Waals surface area contributed by atoms with Crippen LogP contribution in [0.1, 0.15) is 5.56 Å². The van der Waals surface area contributed by atoms with Crippen molar-refractivity contribution in [1.29, 1.82) is 0 Å². The Morgan fingerprint density at radius 2 is 2.21 bits per heavy atom. The Hall–Kier alpha value is -1.04. The van der Waals surface area contributed by atoms with Gasteiger partial charge >= 0.3 is 0 Å². The molecule has 1 N–H and O–H groups in total. The number of hydrogen-bond acceptors (Lipinski definition) is 1. The lowest BCUT2D eigenvalue weighted by atomic mass is 10.0. The van der Waals surface area contributed by atoms with Crippen LogP contribution < -0.4 is 5.32 Å². The average molecular weight is 210 g/mol. The first kappa shape index (κ1) is 9.51. The largest absolute Gasteiger partial charge is 0.314 e. The van der Waals surface area contributed by atoms with Crippen molar-refractivity contribution < 1.29 is 4.39 Å². The number of benzene rings is 1. The zero-order valence-electron chi connectivity index (χ0n) is 7.48. The van der Waals surface area contributed by atoms with E-state index in [-0.39, 0.29) is 5.82 Å². The molecule has 1 aliphatic heterocycles. The lowest BCUT2D eigenvalue weighted by Crippen LogP contribution is -2.40. The van der Waals surface area contributed by atoms with E-state index in [1.165, 1.54) is 6.07 Å². The molecule has 0 bridgehead atoms. The molecule has 0 amide bonds. The minimum Gasteiger partial charge on any atom is -0.314 e. The SMILES string of the molecule is Fc1cccc(Cl)c1C#CC1CNC1. The molecule has 0 aliphatic carbocycles. The van der Waals surface area contributed by atoms with Gasteiger partial charge in [0.2, 0.25) is 0 Å². The van der Waals surface area contributed by atoms with Gasteiger partial charge in [-0.1, -0.05) is 29.5 Å². The molecule has 0 saturated carbocycles. The fourth-order valence-electron chi connectivity index (χ4n) is 1.18. The van der Waals surface area contributed by atoms with Crippen LogP contribution in [0.4, 0.5) is 4.39 Å². The second-order valence-corrected chi connectivity index (χ2v) is 3.63. The van der Waals surface area contributed by atoms with Crippen LogP contribution in [0.5, 0.6) is 0 Å². The molecule has 0 atom stereocenters. The fourth-order valence-corrected chi connectivity index (χ4v) is 1.39. The maximum atomic E-state index is 13.2. The summed E-state index contributed by atoms with van der Waals surface area (Å²) in [4.78, 5) is 0. The normalized spacial score (nSPS) is 15.6. The minimum absolute atomic E-state index is 0.307. The molecule has 0 unspecified atom stereocenters. The van der Waals surface area contributed by atoms with Crippen molar-refractivity contribution in [2.45, 2.75) is 0 Å². The molecule has 2 rings (SSSR count). The summed E-state index contributed by atoms with van der Waals surface area (Å²) in [6.07, 6.45) is 0. The third kappa shape index (κ3) is 1.89. The first-order chi connectivity index (χ1) is 6.77. The average Bonchev–Trinajstić information content (AvgIpc) is 2.07. The summed E-state index contributed by atoms with van der Waals surface area (Å²) in [5.41, 5.74) is 0.307. The van der Waals surface area contributed by atoms with Crippen LogP contribution in [0.15, 0.2) is 18.2 Å². The Bertz CT molecular complexity index is 381. The molecular weight excluding hydrogens is 201 g/mol. The van der Waals surface area contributed by atoms with Crippen molar-refractivity contribution in [2.24, 2.45) is 5.92 Å². The fraction of sp³-hybridized carbons (Fsp3) is 0.273. The van der Waals surface area contributed by atoms with Crippen molar-refractivity contribution in [1.82, 2.24) is 5.32 Å². The van der Waals surface area contributed by atoms with Crippen LogP contribution >= 0.6 is 11.6 Å². The van der Waals surface area contributed by atoms with Gasteiger partial charge < -0.3 is 5.32 Å². The molecule has 14 heavy (non-hydrogen) atoms. The summed E-state index contributed by atoms with van der Waals surface area (Å²) in [7, 11) is 0. The molecule has 1 fully saturated rings. The van der Waals surface area contributed by atoms with Gasteiger partial charge in [-0.2, -0.15) is 0 Å². The molecule has 0 spiro atoms. The third-order valence-corrected chi connectivity index (χ3v) is 2.46. The van der Waals surface area contributed by atoms with Crippen LogP contribution in [-0.2, 0) is 0 Å². The molecule has 3 heteroatoms. The zero-order chi connectivity index (χ0) is 9.97. The van der Waals surface area contributed by atoms with Gasteiger partial charge in [0.15, 0.2) is 0 Å². The van der Waals surface area contributed by atoms with Crippen LogP contribution in [0.3, 0.4) is 0 Å². The number of halogens is 2. The van der Waals surface area contributed by atoms with E-state index in [1.54, 1.807) is 12.1 Å². The quantitative estimate of drug-likeness (QED) is 0.645. The van der Waals surface area contributed by atoms with Gasteiger partial charge in [-0.05, 0) is 12.1 Å². The minimum atomic E-state index is -0.350. The Labute approximate surface area is 87.3 Å². The Morgan fingerprint density at radius 3 is 2.79 bits per heavy atom. The standard InChI is InChI=1S/C11H9ClFN/c12-10-2-1-3-11(13)9(10)5-4-8-6-14-7-8/h1-3,8,14H,6-7H2. The smallest absolute Gasteiger partial charge is 0.140 e. The summed E-state index contributed by atoms with van der Waals surface area (Å²) < 4.78 is 13.2. The summed E-state index contributed by atoms with van der Waals surface area (Å²) in [6, 6.07) is 4.59. The summed E-state index contributed by atoms with van der Waals surface area (Å²) in [5, 5.41) is 3.48. The molecule has 1 aromatic carbocycles. The predicted molar refractivity (Wildman–Crippen MR) is 54.6 cm³/mol. The van der Waals surface area contributed by atoms with E-state index in [1.807, 2.05) is 0 Å². The monoisotopic (exact) mass is 209 g/mol. The van der Waals surface area contributed by atoms with Gasteiger partial charge in [0.25, 0.3) is 0 Å². The second-order valence-electron chi connectivity index (χ2n) is 3.22. The highest BCUT2D eigenvalue weighted by Gasteiger charge is 2.13. The van der Waals surface area contributed by atoms with Crippen molar-refractivity contribution in [3.8, 4) is 11.8 Å². The maximum Gasteiger partial charge on any atom is 0.140 e. The topological polar surface area (TPSA) is 12.0 Å². The van der Waals surface area contributed by atoms with E-state index in [2.05, 4.69) is 17.2 Å². The van der Waals surface area contributed by atoms with Gasteiger partial charge in [-0.15, -0.1) is 0 Å². The van der Waals surface area contributed by atoms with E-state index in [9.17, 15) is 4.39 Å². The van der Waals surface area contributed by atoms with Crippen molar-refractivity contribution in [2.75, 3.05) is 13.1 Å². The van der Waals surface area contributed by atoms with Gasteiger partial charge in [0.05, 0.1) is 10.6 Å². The van der Waals surface area contributed by atoms with E-state index in [0.717, 1.165) is 13.1 Å². The van der Waals surface area contributed by atoms with E-state index in [0.29, 0.717) is 16.5 Å². The molecule has 1 nitrogen and oxygen atoms in total. The Morgan fingerprint density at radius 1 is 1.43 bits per heavy atom. The first-order valence-electron chi connectivity index (χ1n) is 4.43. The van der Waals surface area contributed by atoms with Crippen molar-refractivity contribution in [3.05, 3.63) is 34.6 Å². The predicted octanol–water partition coefficient (Wildman–Crippen LogP) is 2.05.